The minimum absolute atomic E-state index is 0.198. The van der Waals surface area contributed by atoms with Crippen molar-refractivity contribution in [3.05, 3.63) is 46.6 Å². The number of anilines is 1. The number of benzene rings is 1. The Kier molecular flexibility index (Phi) is 3.42. The van der Waals surface area contributed by atoms with Crippen LogP contribution < -0.4 is 11.1 Å². The summed E-state index contributed by atoms with van der Waals surface area (Å²) in [6.07, 6.45) is 1.52. The van der Waals surface area contributed by atoms with E-state index >= 15 is 0 Å². The number of aryl methyl sites for hydroxylation is 1. The lowest BCUT2D eigenvalue weighted by Crippen LogP contribution is -2.11. The molecule has 0 saturated carbocycles. The van der Waals surface area contributed by atoms with Crippen LogP contribution in [-0.2, 0) is 19.5 Å². The number of nitriles is 1. The molecule has 0 unspecified atom stereocenters. The standard InChI is InChI=1S/C20H18N6O/c21-9-15-18(16-7-11-10-23-5-2-6-26(11)25-16)14-8-13-12(3-1-4-17(13)27)19(14)24-20(15)22/h1,3-4,7,23,27H,2,5-6,8,10H2,(H2,22,24). The Bertz CT molecular complexity index is 1100. The molecular formula is C20H18N6O. The van der Waals surface area contributed by atoms with Crippen LogP contribution >= 0.6 is 0 Å². The van der Waals surface area contributed by atoms with Gasteiger partial charge in [-0.3, -0.25) is 4.68 Å². The first-order valence-corrected chi connectivity index (χ1v) is 8.99. The van der Waals surface area contributed by atoms with Crippen molar-refractivity contribution < 1.29 is 5.11 Å². The first-order chi connectivity index (χ1) is 13.2. The highest BCUT2D eigenvalue weighted by molar-refractivity contribution is 5.88. The fourth-order valence-electron chi connectivity index (χ4n) is 4.07. The van der Waals surface area contributed by atoms with E-state index in [1.165, 1.54) is 0 Å². The summed E-state index contributed by atoms with van der Waals surface area (Å²) in [5, 5.41) is 28.2. The van der Waals surface area contributed by atoms with Crippen molar-refractivity contribution >= 4 is 5.82 Å². The number of nitrogen functional groups attached to an aromatic ring is 1. The van der Waals surface area contributed by atoms with Crippen molar-refractivity contribution in [2.45, 2.75) is 25.9 Å². The Hall–Kier alpha value is -3.37. The quantitative estimate of drug-likeness (QED) is 0.481. The Morgan fingerprint density at radius 2 is 2.19 bits per heavy atom. The van der Waals surface area contributed by atoms with Crippen LogP contribution in [0.5, 0.6) is 5.75 Å². The molecule has 3 heterocycles. The third-order valence-corrected chi connectivity index (χ3v) is 5.35. The molecule has 3 aromatic rings. The van der Waals surface area contributed by atoms with Crippen molar-refractivity contribution in [1.82, 2.24) is 20.1 Å². The Morgan fingerprint density at radius 1 is 1.30 bits per heavy atom. The van der Waals surface area contributed by atoms with Crippen molar-refractivity contribution in [2.75, 3.05) is 12.3 Å². The van der Waals surface area contributed by atoms with E-state index in [9.17, 15) is 10.4 Å². The van der Waals surface area contributed by atoms with E-state index < -0.39 is 0 Å². The zero-order valence-corrected chi connectivity index (χ0v) is 14.7. The van der Waals surface area contributed by atoms with Gasteiger partial charge in [-0.15, -0.1) is 0 Å². The maximum atomic E-state index is 10.3. The number of rotatable bonds is 1. The molecule has 1 aliphatic carbocycles. The van der Waals surface area contributed by atoms with Crippen LogP contribution in [0, 0.1) is 11.3 Å². The average molecular weight is 358 g/mol. The number of hydrogen-bond donors (Lipinski definition) is 3. The molecule has 7 nitrogen and oxygen atoms in total. The monoisotopic (exact) mass is 358 g/mol. The van der Waals surface area contributed by atoms with E-state index in [1.54, 1.807) is 12.1 Å². The summed E-state index contributed by atoms with van der Waals surface area (Å²) in [6.45, 7) is 2.56. The van der Waals surface area contributed by atoms with Gasteiger partial charge in [-0.1, -0.05) is 12.1 Å². The van der Waals surface area contributed by atoms with Gasteiger partial charge in [-0.2, -0.15) is 10.4 Å². The molecular weight excluding hydrogens is 340 g/mol. The van der Waals surface area contributed by atoms with Crippen LogP contribution in [0.4, 0.5) is 5.82 Å². The number of nitrogens with two attached hydrogens (primary N) is 1. The highest BCUT2D eigenvalue weighted by atomic mass is 16.3. The summed E-state index contributed by atoms with van der Waals surface area (Å²) in [5.74, 6) is 0.433. The molecule has 4 N–H and O–H groups in total. The van der Waals surface area contributed by atoms with Crippen molar-refractivity contribution in [2.24, 2.45) is 0 Å². The summed E-state index contributed by atoms with van der Waals surface area (Å²) in [4.78, 5) is 4.49. The second kappa shape index (κ2) is 5.83. The summed E-state index contributed by atoms with van der Waals surface area (Å²) < 4.78 is 2.00. The summed E-state index contributed by atoms with van der Waals surface area (Å²) in [7, 11) is 0. The maximum Gasteiger partial charge on any atom is 0.142 e. The predicted octanol–water partition coefficient (Wildman–Crippen LogP) is 2.17. The van der Waals surface area contributed by atoms with E-state index in [1.807, 2.05) is 16.8 Å². The normalized spacial score (nSPS) is 14.8. The molecule has 0 spiro atoms. The van der Waals surface area contributed by atoms with Crippen LogP contribution in [0.3, 0.4) is 0 Å². The van der Waals surface area contributed by atoms with E-state index in [2.05, 4.69) is 16.4 Å². The van der Waals surface area contributed by atoms with Gasteiger partial charge < -0.3 is 16.2 Å². The molecule has 0 amide bonds. The minimum atomic E-state index is 0.198. The Balaban J connectivity index is 1.76. The zero-order chi connectivity index (χ0) is 18.5. The van der Waals surface area contributed by atoms with Crippen LogP contribution in [0.25, 0.3) is 22.5 Å². The number of phenols is 1. The van der Waals surface area contributed by atoms with Gasteiger partial charge in [0.2, 0.25) is 0 Å². The first-order valence-electron chi connectivity index (χ1n) is 8.99. The van der Waals surface area contributed by atoms with Gasteiger partial charge in [0, 0.05) is 36.2 Å². The fourth-order valence-corrected chi connectivity index (χ4v) is 4.07. The highest BCUT2D eigenvalue weighted by Gasteiger charge is 2.30. The van der Waals surface area contributed by atoms with Gasteiger partial charge in [0.1, 0.15) is 23.2 Å². The zero-order valence-electron chi connectivity index (χ0n) is 14.7. The molecule has 27 heavy (non-hydrogen) atoms. The maximum absolute atomic E-state index is 10.3. The third-order valence-electron chi connectivity index (χ3n) is 5.35. The largest absolute Gasteiger partial charge is 0.508 e. The molecule has 0 saturated heterocycles. The number of fused-ring (bicyclic) bond motifs is 4. The number of phenolic OH excluding ortho intramolecular Hbond substituents is 1. The van der Waals surface area contributed by atoms with Crippen LogP contribution in [0.1, 0.15) is 28.8 Å². The van der Waals surface area contributed by atoms with E-state index in [4.69, 9.17) is 10.8 Å². The van der Waals surface area contributed by atoms with Gasteiger partial charge in [-0.05, 0) is 30.7 Å². The van der Waals surface area contributed by atoms with Gasteiger partial charge in [-0.25, -0.2) is 4.98 Å². The SMILES string of the molecule is N#Cc1c(N)nc2c(c1-c1cc3n(n1)CCCNC3)Cc1c(O)cccc1-2. The number of pyridine rings is 1. The molecule has 0 atom stereocenters. The molecule has 1 aliphatic heterocycles. The van der Waals surface area contributed by atoms with Crippen LogP contribution in [0.2, 0.25) is 0 Å². The van der Waals surface area contributed by atoms with Crippen LogP contribution in [0.15, 0.2) is 24.3 Å². The summed E-state index contributed by atoms with van der Waals surface area (Å²) in [6, 6.07) is 9.63. The van der Waals surface area contributed by atoms with Crippen LogP contribution in [-0.4, -0.2) is 26.4 Å². The second-order valence-electron chi connectivity index (χ2n) is 6.94. The number of nitrogens with one attached hydrogen (secondary N) is 1. The second-order valence-corrected chi connectivity index (χ2v) is 6.94. The Labute approximate surface area is 156 Å². The highest BCUT2D eigenvalue weighted by Crippen LogP contribution is 2.45. The smallest absolute Gasteiger partial charge is 0.142 e. The van der Waals surface area contributed by atoms with Gasteiger partial charge in [0.05, 0.1) is 17.1 Å². The summed E-state index contributed by atoms with van der Waals surface area (Å²) in [5.41, 5.74) is 12.4. The molecule has 2 aliphatic rings. The topological polar surface area (TPSA) is 113 Å². The fraction of sp³-hybridized carbons (Fsp3) is 0.250. The molecule has 5 rings (SSSR count). The lowest BCUT2D eigenvalue weighted by molar-refractivity contribution is 0.470. The van der Waals surface area contributed by atoms with Gasteiger partial charge in [0.15, 0.2) is 0 Å². The molecule has 1 aromatic carbocycles. The lowest BCUT2D eigenvalue weighted by atomic mass is 9.97. The molecule has 0 fully saturated rings. The Morgan fingerprint density at radius 3 is 3.04 bits per heavy atom. The molecule has 134 valence electrons. The summed E-state index contributed by atoms with van der Waals surface area (Å²) >= 11 is 0. The molecule has 0 bridgehead atoms. The van der Waals surface area contributed by atoms with E-state index in [0.29, 0.717) is 12.0 Å². The third kappa shape index (κ3) is 2.31. The van der Waals surface area contributed by atoms with Gasteiger partial charge >= 0.3 is 0 Å². The van der Waals surface area contributed by atoms with Crippen molar-refractivity contribution in [3.63, 3.8) is 0 Å². The number of aromatic nitrogens is 3. The van der Waals surface area contributed by atoms with Gasteiger partial charge in [0.25, 0.3) is 0 Å². The van der Waals surface area contributed by atoms with E-state index in [-0.39, 0.29) is 11.6 Å². The molecule has 2 aromatic heterocycles. The molecule has 7 heteroatoms. The average Bonchev–Trinajstić information content (AvgIpc) is 3.16. The number of hydrogen-bond acceptors (Lipinski definition) is 6. The van der Waals surface area contributed by atoms with E-state index in [0.717, 1.165) is 65.4 Å². The lowest BCUT2D eigenvalue weighted by Gasteiger charge is -2.10. The molecule has 0 radical (unpaired) electrons. The minimum Gasteiger partial charge on any atom is -0.508 e. The number of aromatic hydroxyl groups is 1. The van der Waals surface area contributed by atoms with Crippen molar-refractivity contribution in [1.29, 1.82) is 5.26 Å². The first kappa shape index (κ1) is 15.9. The predicted molar refractivity (Wildman–Crippen MR) is 101 cm³/mol. The number of nitrogens with zero attached hydrogens (tertiary/aromatic N) is 4. The van der Waals surface area contributed by atoms with Crippen molar-refractivity contribution in [3.8, 4) is 34.3 Å².